The van der Waals surface area contributed by atoms with Gasteiger partial charge in [0.2, 0.25) is 0 Å². The van der Waals surface area contributed by atoms with Gasteiger partial charge in [-0.3, -0.25) is 0 Å². The Labute approximate surface area is 149 Å². The second kappa shape index (κ2) is 6.79. The zero-order valence-corrected chi connectivity index (χ0v) is 14.7. The van der Waals surface area contributed by atoms with E-state index in [0.717, 1.165) is 11.1 Å². The molecule has 0 spiro atoms. The van der Waals surface area contributed by atoms with Gasteiger partial charge in [-0.25, -0.2) is 0 Å². The summed E-state index contributed by atoms with van der Waals surface area (Å²) in [5, 5.41) is 0. The number of aryl methyl sites for hydroxylation is 1. The van der Waals surface area contributed by atoms with Crippen LogP contribution in [-0.4, -0.2) is 13.5 Å². The molecule has 0 aliphatic carbocycles. The summed E-state index contributed by atoms with van der Waals surface area (Å²) >= 11 is 0. The van der Waals surface area contributed by atoms with Gasteiger partial charge < -0.3 is 17.7 Å². The maximum Gasteiger partial charge on any atom is 1.00 e. The van der Waals surface area contributed by atoms with Crippen LogP contribution in [0.5, 0.6) is 5.75 Å². The van der Waals surface area contributed by atoms with Crippen LogP contribution in [0.2, 0.25) is 0 Å². The summed E-state index contributed by atoms with van der Waals surface area (Å²) in [5.74, 6) is 0.330. The zero-order chi connectivity index (χ0) is 13.3. The minimum absolute atomic E-state index is 0. The van der Waals surface area contributed by atoms with Gasteiger partial charge in [-0.1, -0.05) is 32.9 Å². The fraction of sp³-hybridized carbons (Fsp3) is 0.500. The molecule has 1 aromatic carbocycles. The Balaban J connectivity index is 0.00000289. The molecule has 0 saturated heterocycles. The fourth-order valence-corrected chi connectivity index (χ4v) is 1.55. The Kier molecular flexibility index (Phi) is 6.99. The van der Waals surface area contributed by atoms with Gasteiger partial charge in [0.05, 0.1) is 6.51 Å². The molecule has 0 radical (unpaired) electrons. The van der Waals surface area contributed by atoms with Gasteiger partial charge in [-0.15, -0.1) is 0 Å². The third kappa shape index (κ3) is 6.10. The molecule has 0 saturated carbocycles. The molecule has 0 heterocycles. The van der Waals surface area contributed by atoms with Crippen molar-refractivity contribution in [2.24, 2.45) is 0 Å². The normalized spacial score (nSPS) is 11.9. The molecule has 0 unspecified atom stereocenters. The van der Waals surface area contributed by atoms with Gasteiger partial charge in [0.15, 0.2) is 0 Å². The molecule has 0 aliphatic heterocycles. The van der Waals surface area contributed by atoms with Crippen molar-refractivity contribution < 1.29 is 69.1 Å². The molecule has 1 rings (SSSR count). The molecule has 0 fully saturated rings. The summed E-state index contributed by atoms with van der Waals surface area (Å²) < 4.78 is 41.5. The largest absolute Gasteiger partial charge is 1.00 e. The van der Waals surface area contributed by atoms with E-state index in [0.29, 0.717) is 5.75 Å². The van der Waals surface area contributed by atoms with Crippen LogP contribution in [0.15, 0.2) is 18.2 Å². The van der Waals surface area contributed by atoms with Crippen molar-refractivity contribution in [3.63, 3.8) is 0 Å². The van der Waals surface area contributed by atoms with Crippen molar-refractivity contribution in [3.05, 3.63) is 29.3 Å². The van der Waals surface area contributed by atoms with Crippen molar-refractivity contribution in [1.29, 1.82) is 0 Å². The van der Waals surface area contributed by atoms with Crippen LogP contribution in [0.1, 0.15) is 31.9 Å². The minimum Gasteiger partial charge on any atom is -0.521 e. The van der Waals surface area contributed by atoms with Crippen LogP contribution >= 0.6 is 0 Å². The number of halogens is 3. The van der Waals surface area contributed by atoms with Crippen molar-refractivity contribution >= 4 is 6.98 Å². The predicted molar refractivity (Wildman–Crippen MR) is 64.5 cm³/mol. The van der Waals surface area contributed by atoms with Gasteiger partial charge >= 0.3 is 58.4 Å². The van der Waals surface area contributed by atoms with E-state index in [1.807, 2.05) is 39.8 Å². The van der Waals surface area contributed by atoms with E-state index < -0.39 is 13.5 Å². The average Bonchev–Trinajstić information content (AvgIpc) is 2.11. The molecule has 0 N–H and O–H groups in total. The first-order valence-corrected chi connectivity index (χ1v) is 5.54. The van der Waals surface area contributed by atoms with E-state index in [1.54, 1.807) is 6.07 Å². The Bertz CT molecular complexity index is 399. The molecule has 0 atom stereocenters. The Morgan fingerprint density at radius 2 is 1.72 bits per heavy atom. The third-order valence-corrected chi connectivity index (χ3v) is 2.37. The summed E-state index contributed by atoms with van der Waals surface area (Å²) in [6, 6.07) is 5.36. The minimum atomic E-state index is -4.92. The SMILES string of the molecule is Cc1ccc(C(C)(C)C)c(OC[B-](F)(F)F)c1.[K+]. The van der Waals surface area contributed by atoms with Crippen molar-refractivity contribution in [2.75, 3.05) is 6.51 Å². The molecule has 1 aromatic rings. The summed E-state index contributed by atoms with van der Waals surface area (Å²) in [6.07, 6.45) is 0. The van der Waals surface area contributed by atoms with Crippen LogP contribution in [-0.2, 0) is 5.41 Å². The number of ether oxygens (including phenoxy) is 1. The molecule has 18 heavy (non-hydrogen) atoms. The Morgan fingerprint density at radius 1 is 1.17 bits per heavy atom. The standard InChI is InChI=1S/C12H17BF3O.K/c1-9-5-6-10(12(2,3)4)11(7-9)17-8-13(14,15)16;/h5-7H,8H2,1-4H3;/q-1;+1. The average molecular weight is 284 g/mol. The quantitative estimate of drug-likeness (QED) is 0.754. The smallest absolute Gasteiger partial charge is 0.521 e. The summed E-state index contributed by atoms with van der Waals surface area (Å²) in [7, 11) is 0. The summed E-state index contributed by atoms with van der Waals surface area (Å²) in [4.78, 5) is 0. The van der Waals surface area contributed by atoms with E-state index in [1.165, 1.54) is 0 Å². The van der Waals surface area contributed by atoms with Gasteiger partial charge in [-0.2, -0.15) is 0 Å². The molecule has 0 aromatic heterocycles. The molecule has 1 nitrogen and oxygen atoms in total. The van der Waals surface area contributed by atoms with E-state index in [2.05, 4.69) is 0 Å². The third-order valence-electron chi connectivity index (χ3n) is 2.37. The second-order valence-corrected chi connectivity index (χ2v) is 5.27. The number of hydrogen-bond donors (Lipinski definition) is 0. The van der Waals surface area contributed by atoms with Gasteiger partial charge in [0.1, 0.15) is 5.75 Å². The Morgan fingerprint density at radius 3 is 2.17 bits per heavy atom. The molecular formula is C12H17BF3KO. The van der Waals surface area contributed by atoms with Crippen LogP contribution in [0.3, 0.4) is 0 Å². The van der Waals surface area contributed by atoms with E-state index >= 15 is 0 Å². The maximum atomic E-state index is 12.2. The zero-order valence-electron chi connectivity index (χ0n) is 11.6. The van der Waals surface area contributed by atoms with E-state index in [4.69, 9.17) is 4.74 Å². The monoisotopic (exact) mass is 284 g/mol. The first-order valence-electron chi connectivity index (χ1n) is 5.54. The second-order valence-electron chi connectivity index (χ2n) is 5.27. The molecule has 6 heteroatoms. The number of hydrogen-bond acceptors (Lipinski definition) is 1. The molecule has 0 bridgehead atoms. The van der Waals surface area contributed by atoms with Crippen LogP contribution in [0, 0.1) is 6.92 Å². The molecule has 0 aliphatic rings. The predicted octanol–water partition coefficient (Wildman–Crippen LogP) is 1.06. The van der Waals surface area contributed by atoms with Crippen molar-refractivity contribution in [2.45, 2.75) is 33.1 Å². The molecule has 0 amide bonds. The van der Waals surface area contributed by atoms with Crippen molar-refractivity contribution in [3.8, 4) is 5.75 Å². The van der Waals surface area contributed by atoms with Crippen LogP contribution in [0.4, 0.5) is 12.9 Å². The first-order chi connectivity index (χ1) is 7.59. The topological polar surface area (TPSA) is 9.23 Å². The molecule has 96 valence electrons. The van der Waals surface area contributed by atoms with Gasteiger partial charge in [-0.05, 0) is 29.5 Å². The summed E-state index contributed by atoms with van der Waals surface area (Å²) in [5.41, 5.74) is 1.45. The fourth-order valence-electron chi connectivity index (χ4n) is 1.55. The van der Waals surface area contributed by atoms with Crippen molar-refractivity contribution in [1.82, 2.24) is 0 Å². The number of rotatable bonds is 3. The number of benzene rings is 1. The van der Waals surface area contributed by atoms with E-state index in [-0.39, 0.29) is 56.8 Å². The van der Waals surface area contributed by atoms with Crippen LogP contribution < -0.4 is 56.1 Å². The first kappa shape index (κ1) is 18.5. The van der Waals surface area contributed by atoms with Gasteiger partial charge in [0, 0.05) is 0 Å². The maximum absolute atomic E-state index is 12.2. The molecular weight excluding hydrogens is 267 g/mol. The van der Waals surface area contributed by atoms with Crippen LogP contribution in [0.25, 0.3) is 0 Å². The summed E-state index contributed by atoms with van der Waals surface area (Å²) in [6.45, 7) is 1.57. The Hall–Kier alpha value is 0.511. The van der Waals surface area contributed by atoms with Gasteiger partial charge in [0.25, 0.3) is 0 Å². The van der Waals surface area contributed by atoms with E-state index in [9.17, 15) is 12.9 Å².